The molecule has 2 rings (SSSR count). The zero-order chi connectivity index (χ0) is 10.1. The smallest absolute Gasteiger partial charge is 0.411 e. The molecule has 0 aromatic carbocycles. The number of nitrogens with zero attached hydrogens (tertiary/aromatic N) is 2. The predicted octanol–water partition coefficient (Wildman–Crippen LogP) is 0.237. The fourth-order valence-electron chi connectivity index (χ4n) is 1.66. The van der Waals surface area contributed by atoms with E-state index in [0.717, 1.165) is 0 Å². The molecule has 2 aliphatic rings. The number of carbonyl (C=O) groups excluding carboxylic acids is 2. The van der Waals surface area contributed by atoms with Gasteiger partial charge in [0.2, 0.25) is 0 Å². The van der Waals surface area contributed by atoms with Gasteiger partial charge in [-0.3, -0.25) is 9.80 Å². The van der Waals surface area contributed by atoms with Crippen molar-refractivity contribution in [1.82, 2.24) is 9.80 Å². The molecule has 0 saturated carbocycles. The number of cyclic esters (lactones) is 2. The number of amides is 2. The summed E-state index contributed by atoms with van der Waals surface area (Å²) in [6.45, 7) is 3.64. The Morgan fingerprint density at radius 1 is 1.07 bits per heavy atom. The topological polar surface area (TPSA) is 59.1 Å². The maximum absolute atomic E-state index is 11.2. The van der Waals surface area contributed by atoms with E-state index in [1.165, 1.54) is 9.80 Å². The zero-order valence-corrected chi connectivity index (χ0v) is 7.93. The molecule has 0 aromatic heterocycles. The van der Waals surface area contributed by atoms with Crippen molar-refractivity contribution in [2.75, 3.05) is 26.3 Å². The Bertz CT molecular complexity index is 242. The van der Waals surface area contributed by atoms with Crippen LogP contribution in [0.2, 0.25) is 0 Å². The lowest BCUT2D eigenvalue weighted by molar-refractivity contribution is 0.0982. The molecule has 0 atom stereocenters. The molecule has 0 aliphatic carbocycles. The molecule has 78 valence electrons. The van der Waals surface area contributed by atoms with E-state index < -0.39 is 0 Å². The fourth-order valence-corrected chi connectivity index (χ4v) is 1.66. The van der Waals surface area contributed by atoms with Gasteiger partial charge in [-0.25, -0.2) is 9.59 Å². The van der Waals surface area contributed by atoms with Gasteiger partial charge in [-0.05, 0) is 6.92 Å². The Labute approximate surface area is 81.4 Å². The lowest BCUT2D eigenvalue weighted by Gasteiger charge is -2.28. The third-order valence-electron chi connectivity index (χ3n) is 2.49. The predicted molar refractivity (Wildman–Crippen MR) is 45.6 cm³/mol. The molecule has 6 nitrogen and oxygen atoms in total. The second-order valence-electron chi connectivity index (χ2n) is 3.25. The first-order valence-corrected chi connectivity index (χ1v) is 4.57. The van der Waals surface area contributed by atoms with Crippen LogP contribution in [0.1, 0.15) is 6.92 Å². The van der Waals surface area contributed by atoms with Crippen LogP contribution in [0.5, 0.6) is 0 Å². The highest BCUT2D eigenvalue weighted by Gasteiger charge is 2.35. The van der Waals surface area contributed by atoms with Crippen molar-refractivity contribution in [2.45, 2.75) is 13.1 Å². The lowest BCUT2D eigenvalue weighted by atomic mass is 10.4. The van der Waals surface area contributed by atoms with Gasteiger partial charge in [0.25, 0.3) is 0 Å². The van der Waals surface area contributed by atoms with E-state index in [2.05, 4.69) is 0 Å². The number of hydrogen-bond acceptors (Lipinski definition) is 4. The van der Waals surface area contributed by atoms with Crippen molar-refractivity contribution in [1.29, 1.82) is 0 Å². The van der Waals surface area contributed by atoms with Gasteiger partial charge < -0.3 is 9.47 Å². The van der Waals surface area contributed by atoms with Gasteiger partial charge in [-0.1, -0.05) is 0 Å². The highest BCUT2D eigenvalue weighted by atomic mass is 16.6. The summed E-state index contributed by atoms with van der Waals surface area (Å²) < 4.78 is 9.58. The Kier molecular flexibility index (Phi) is 2.18. The average molecular weight is 200 g/mol. The Morgan fingerprint density at radius 2 is 1.50 bits per heavy atom. The summed E-state index contributed by atoms with van der Waals surface area (Å²) in [4.78, 5) is 25.4. The van der Waals surface area contributed by atoms with Gasteiger partial charge in [0.05, 0.1) is 13.1 Å². The first-order chi connectivity index (χ1) is 6.70. The van der Waals surface area contributed by atoms with E-state index in [4.69, 9.17) is 9.47 Å². The Morgan fingerprint density at radius 3 is 1.79 bits per heavy atom. The molecule has 0 N–H and O–H groups in total. The third kappa shape index (κ3) is 1.36. The summed E-state index contributed by atoms with van der Waals surface area (Å²) in [5.41, 5.74) is 0. The van der Waals surface area contributed by atoms with Crippen molar-refractivity contribution >= 4 is 12.2 Å². The zero-order valence-electron chi connectivity index (χ0n) is 7.93. The summed E-state index contributed by atoms with van der Waals surface area (Å²) >= 11 is 0. The van der Waals surface area contributed by atoms with Crippen LogP contribution in [0.25, 0.3) is 0 Å². The summed E-state index contributed by atoms with van der Waals surface area (Å²) in [7, 11) is 0. The van der Waals surface area contributed by atoms with Gasteiger partial charge in [0.15, 0.2) is 0 Å². The van der Waals surface area contributed by atoms with Gasteiger partial charge in [-0.15, -0.1) is 0 Å². The minimum absolute atomic E-state index is 0.278. The summed E-state index contributed by atoms with van der Waals surface area (Å²) in [5, 5.41) is 0. The fraction of sp³-hybridized carbons (Fsp3) is 0.750. The van der Waals surface area contributed by atoms with E-state index in [1.54, 1.807) is 6.92 Å². The first kappa shape index (κ1) is 9.11. The average Bonchev–Trinajstić information content (AvgIpc) is 2.73. The lowest BCUT2D eigenvalue weighted by Crippen LogP contribution is -2.47. The van der Waals surface area contributed by atoms with Crippen LogP contribution in [0.4, 0.5) is 9.59 Å². The van der Waals surface area contributed by atoms with Gasteiger partial charge in [-0.2, -0.15) is 0 Å². The van der Waals surface area contributed by atoms with Gasteiger partial charge in [0, 0.05) is 0 Å². The molecular weight excluding hydrogens is 188 g/mol. The van der Waals surface area contributed by atoms with Crippen molar-refractivity contribution in [3.05, 3.63) is 0 Å². The van der Waals surface area contributed by atoms with E-state index >= 15 is 0 Å². The Hall–Kier alpha value is -1.46. The molecule has 0 bridgehead atoms. The number of ether oxygens (including phenoxy) is 2. The monoisotopic (exact) mass is 200 g/mol. The quantitative estimate of drug-likeness (QED) is 0.640. The molecule has 2 aliphatic heterocycles. The van der Waals surface area contributed by atoms with Crippen molar-refractivity contribution in [3.8, 4) is 0 Å². The van der Waals surface area contributed by atoms with Crippen LogP contribution in [0, 0.1) is 0 Å². The molecule has 14 heavy (non-hydrogen) atoms. The SMILES string of the molecule is CC(N1CCOC1=O)N1CCOC1=O. The highest BCUT2D eigenvalue weighted by Crippen LogP contribution is 2.15. The first-order valence-electron chi connectivity index (χ1n) is 4.57. The van der Waals surface area contributed by atoms with Gasteiger partial charge >= 0.3 is 12.2 Å². The molecule has 0 aromatic rings. The summed E-state index contributed by atoms with van der Waals surface area (Å²) in [6.07, 6.45) is -1.01. The highest BCUT2D eigenvalue weighted by molar-refractivity contribution is 5.73. The minimum atomic E-state index is -0.364. The standard InChI is InChI=1S/C8H12N2O4/c1-6(9-2-4-13-7(9)11)10-3-5-14-8(10)12/h6H,2-5H2,1H3. The van der Waals surface area contributed by atoms with E-state index in [0.29, 0.717) is 26.3 Å². The molecule has 6 heteroatoms. The Balaban J connectivity index is 2.03. The van der Waals surface area contributed by atoms with Crippen molar-refractivity contribution < 1.29 is 19.1 Å². The van der Waals surface area contributed by atoms with E-state index in [1.807, 2.05) is 0 Å². The van der Waals surface area contributed by atoms with Gasteiger partial charge in [0.1, 0.15) is 19.4 Å². The van der Waals surface area contributed by atoms with Crippen LogP contribution in [0.15, 0.2) is 0 Å². The maximum Gasteiger partial charge on any atom is 0.411 e. The molecule has 0 radical (unpaired) electrons. The van der Waals surface area contributed by atoms with Crippen LogP contribution in [-0.2, 0) is 9.47 Å². The second kappa shape index (κ2) is 3.36. The molecule has 2 saturated heterocycles. The molecule has 0 unspecified atom stereocenters. The van der Waals surface area contributed by atoms with Crippen LogP contribution >= 0.6 is 0 Å². The van der Waals surface area contributed by atoms with Crippen LogP contribution < -0.4 is 0 Å². The van der Waals surface area contributed by atoms with E-state index in [-0.39, 0.29) is 18.4 Å². The third-order valence-corrected chi connectivity index (χ3v) is 2.49. The van der Waals surface area contributed by atoms with Crippen molar-refractivity contribution in [3.63, 3.8) is 0 Å². The molecule has 2 amide bonds. The number of hydrogen-bond donors (Lipinski definition) is 0. The molecule has 0 spiro atoms. The molecular formula is C8H12N2O4. The van der Waals surface area contributed by atoms with E-state index in [9.17, 15) is 9.59 Å². The summed E-state index contributed by atoms with van der Waals surface area (Å²) in [6, 6.07) is 0. The molecule has 2 heterocycles. The second-order valence-corrected chi connectivity index (χ2v) is 3.25. The van der Waals surface area contributed by atoms with Crippen LogP contribution in [-0.4, -0.2) is 54.5 Å². The maximum atomic E-state index is 11.2. The minimum Gasteiger partial charge on any atom is -0.447 e. The normalized spacial score (nSPS) is 21.9. The molecule has 2 fully saturated rings. The number of carbonyl (C=O) groups is 2. The number of rotatable bonds is 2. The van der Waals surface area contributed by atoms with Crippen LogP contribution in [0.3, 0.4) is 0 Å². The summed E-state index contributed by atoms with van der Waals surface area (Å²) in [5.74, 6) is 0. The van der Waals surface area contributed by atoms with Crippen molar-refractivity contribution in [2.24, 2.45) is 0 Å². The largest absolute Gasteiger partial charge is 0.447 e.